The van der Waals surface area contributed by atoms with E-state index in [2.05, 4.69) is 6.92 Å². The third-order valence-electron chi connectivity index (χ3n) is 9.55. The highest BCUT2D eigenvalue weighted by Crippen LogP contribution is 2.16. The van der Waals surface area contributed by atoms with Gasteiger partial charge >= 0.3 is 17.9 Å². The molecule has 0 aromatic heterocycles. The average molecular weight is 935 g/mol. The number of unbranched alkanes of at least 4 members (excludes halogenated alkanes) is 3. The fourth-order valence-corrected chi connectivity index (χ4v) is 4.96. The van der Waals surface area contributed by atoms with Crippen molar-refractivity contribution in [2.45, 2.75) is 112 Å². The standard InChI is InChI=1S/C22H30O4.2C17H20O4/c1-4-6-7-10-17-25-20-15-13-19(14-16-20)11-8-9-12-21(23)22(24)26-18(3)5-2;1-4-13(2)21-17(19)16(18)11-6-5-8-14-9-7-10-15(12-14)20-3;1-4-13(2)21-17(19)16(18)8-6-5-7-14-9-11-15(20-3)12-10-14/h8-9,11-16,18H,4-7,10,17H2,1-3H3;2*5-13H,4H2,1-3H3/b11-8+,12-9+;8-5+,11-6+;7-5+,8-6+. The Kier molecular flexibility index (Phi) is 31.3. The molecule has 0 saturated heterocycles. The maximum absolute atomic E-state index is 11.6. The van der Waals surface area contributed by atoms with Crippen LogP contribution in [0.4, 0.5) is 0 Å². The van der Waals surface area contributed by atoms with Crippen LogP contribution < -0.4 is 14.2 Å². The highest BCUT2D eigenvalue weighted by molar-refractivity contribution is 6.39. The van der Waals surface area contributed by atoms with Crippen LogP contribution in [-0.2, 0) is 43.0 Å². The van der Waals surface area contributed by atoms with Crippen molar-refractivity contribution in [1.82, 2.24) is 0 Å². The second-order valence-electron chi connectivity index (χ2n) is 15.1. The van der Waals surface area contributed by atoms with E-state index in [-0.39, 0.29) is 18.3 Å². The molecular formula is C56H70O12. The topological polar surface area (TPSA) is 158 Å². The van der Waals surface area contributed by atoms with Crippen LogP contribution in [0.15, 0.2) is 127 Å². The minimum absolute atomic E-state index is 0.246. The van der Waals surface area contributed by atoms with Crippen molar-refractivity contribution in [3.8, 4) is 17.2 Å². The van der Waals surface area contributed by atoms with Gasteiger partial charge in [0, 0.05) is 0 Å². The van der Waals surface area contributed by atoms with E-state index in [4.69, 9.17) is 28.4 Å². The molecule has 0 bridgehead atoms. The number of rotatable bonds is 26. The van der Waals surface area contributed by atoms with Crippen molar-refractivity contribution in [2.24, 2.45) is 0 Å². The van der Waals surface area contributed by atoms with E-state index in [0.29, 0.717) is 19.3 Å². The number of benzene rings is 3. The van der Waals surface area contributed by atoms with Gasteiger partial charge in [0.1, 0.15) is 17.2 Å². The van der Waals surface area contributed by atoms with Crippen LogP contribution in [0.3, 0.4) is 0 Å². The van der Waals surface area contributed by atoms with E-state index < -0.39 is 35.3 Å². The van der Waals surface area contributed by atoms with Crippen molar-refractivity contribution in [3.05, 3.63) is 144 Å². The summed E-state index contributed by atoms with van der Waals surface area (Å²) in [7, 11) is 3.21. The number of hydrogen-bond acceptors (Lipinski definition) is 12. The van der Waals surface area contributed by atoms with Gasteiger partial charge in [0.15, 0.2) is 0 Å². The van der Waals surface area contributed by atoms with Gasteiger partial charge in [-0.25, -0.2) is 14.4 Å². The maximum atomic E-state index is 11.6. The minimum Gasteiger partial charge on any atom is -0.497 e. The lowest BCUT2D eigenvalue weighted by Crippen LogP contribution is -2.20. The zero-order valence-electron chi connectivity index (χ0n) is 41.1. The molecule has 0 spiro atoms. The Labute approximate surface area is 403 Å². The van der Waals surface area contributed by atoms with E-state index in [1.54, 1.807) is 59.3 Å². The lowest BCUT2D eigenvalue weighted by molar-refractivity contribution is -0.155. The third-order valence-corrected chi connectivity index (χ3v) is 9.55. The molecule has 0 aliphatic heterocycles. The summed E-state index contributed by atoms with van der Waals surface area (Å²) in [6, 6.07) is 22.7. The number of methoxy groups -OCH3 is 2. The maximum Gasteiger partial charge on any atom is 0.379 e. The van der Waals surface area contributed by atoms with Crippen LogP contribution in [0.2, 0.25) is 0 Å². The lowest BCUT2D eigenvalue weighted by atomic mass is 10.2. The van der Waals surface area contributed by atoms with Gasteiger partial charge in [-0.05, 0) is 118 Å². The minimum atomic E-state index is -0.824. The van der Waals surface area contributed by atoms with E-state index in [9.17, 15) is 28.8 Å². The number of allylic oxidation sites excluding steroid dienone is 6. The number of ether oxygens (including phenoxy) is 6. The summed E-state index contributed by atoms with van der Waals surface area (Å²) in [5.41, 5.74) is 2.89. The zero-order valence-corrected chi connectivity index (χ0v) is 41.1. The Bertz CT molecular complexity index is 2160. The molecule has 0 saturated carbocycles. The van der Waals surface area contributed by atoms with Gasteiger partial charge in [-0.3, -0.25) is 14.4 Å². The fraction of sp³-hybridized carbons (Fsp3) is 0.357. The van der Waals surface area contributed by atoms with Crippen molar-refractivity contribution >= 4 is 53.5 Å². The molecule has 0 amide bonds. The number of carbonyl (C=O) groups is 6. The van der Waals surface area contributed by atoms with Crippen LogP contribution in [0.5, 0.6) is 17.2 Å². The summed E-state index contributed by atoms with van der Waals surface area (Å²) in [5.74, 6) is -2.03. The number of hydrogen-bond donors (Lipinski definition) is 0. The van der Waals surface area contributed by atoms with Gasteiger partial charge in [0.05, 0.1) is 39.1 Å². The average Bonchev–Trinajstić information content (AvgIpc) is 3.35. The largest absolute Gasteiger partial charge is 0.497 e. The first-order valence-corrected chi connectivity index (χ1v) is 23.0. The Morgan fingerprint density at radius 3 is 1.24 bits per heavy atom. The summed E-state index contributed by atoms with van der Waals surface area (Å²) in [6.45, 7) is 13.8. The predicted molar refractivity (Wildman–Crippen MR) is 269 cm³/mol. The molecule has 0 N–H and O–H groups in total. The predicted octanol–water partition coefficient (Wildman–Crippen LogP) is 11.5. The molecule has 3 rings (SSSR count). The summed E-state index contributed by atoms with van der Waals surface area (Å²) in [5, 5.41) is 0. The highest BCUT2D eigenvalue weighted by atomic mass is 16.6. The molecule has 12 nitrogen and oxygen atoms in total. The molecule has 0 heterocycles. The Morgan fingerprint density at radius 2 is 0.853 bits per heavy atom. The molecule has 0 aliphatic rings. The molecule has 0 aliphatic carbocycles. The first kappa shape index (κ1) is 58.9. The summed E-state index contributed by atoms with van der Waals surface area (Å²) in [4.78, 5) is 68.9. The Balaban J connectivity index is 0.000000514. The number of carbonyl (C=O) groups excluding carboxylic acids is 6. The zero-order chi connectivity index (χ0) is 50.5. The normalized spacial score (nSPS) is 12.5. The third kappa shape index (κ3) is 27.4. The smallest absolute Gasteiger partial charge is 0.379 e. The van der Waals surface area contributed by atoms with Crippen LogP contribution in [0.25, 0.3) is 18.2 Å². The Morgan fingerprint density at radius 1 is 0.456 bits per heavy atom. The van der Waals surface area contributed by atoms with Gasteiger partial charge < -0.3 is 28.4 Å². The summed E-state index contributed by atoms with van der Waals surface area (Å²) < 4.78 is 30.7. The van der Waals surface area contributed by atoms with Crippen molar-refractivity contribution in [3.63, 3.8) is 0 Å². The second-order valence-corrected chi connectivity index (χ2v) is 15.1. The van der Waals surface area contributed by atoms with Gasteiger partial charge in [-0.1, -0.05) is 138 Å². The van der Waals surface area contributed by atoms with Crippen LogP contribution in [0.1, 0.15) is 110 Å². The first-order valence-electron chi connectivity index (χ1n) is 23.0. The van der Waals surface area contributed by atoms with Gasteiger partial charge in [0.25, 0.3) is 17.3 Å². The molecule has 0 radical (unpaired) electrons. The van der Waals surface area contributed by atoms with Crippen LogP contribution in [0, 0.1) is 0 Å². The van der Waals surface area contributed by atoms with Crippen LogP contribution >= 0.6 is 0 Å². The van der Waals surface area contributed by atoms with Crippen molar-refractivity contribution in [2.75, 3.05) is 20.8 Å². The molecular weight excluding hydrogens is 865 g/mol. The van der Waals surface area contributed by atoms with Crippen LogP contribution in [-0.4, -0.2) is 74.4 Å². The monoisotopic (exact) mass is 934 g/mol. The number of esters is 3. The van der Waals surface area contributed by atoms with Gasteiger partial charge in [-0.2, -0.15) is 0 Å². The number of ketones is 3. The fourth-order valence-electron chi connectivity index (χ4n) is 4.96. The van der Waals surface area contributed by atoms with E-state index in [0.717, 1.165) is 47.0 Å². The molecule has 3 unspecified atom stereocenters. The van der Waals surface area contributed by atoms with E-state index >= 15 is 0 Å². The molecule has 12 heteroatoms. The molecule has 68 heavy (non-hydrogen) atoms. The summed E-state index contributed by atoms with van der Waals surface area (Å²) in [6.07, 6.45) is 24.8. The SMILES string of the molecule is CCC(C)OC(=O)C(=O)/C=C/C=C/c1ccc(OC)cc1.CCC(C)OC(=O)C(=O)/C=C/C=C/c1cccc(OC)c1.CCCCCCOc1ccc(/C=C/C=C/C(=O)C(=O)OC(C)CC)cc1. The van der Waals surface area contributed by atoms with E-state index in [1.807, 2.05) is 112 Å². The Hall–Kier alpha value is -7.08. The summed E-state index contributed by atoms with van der Waals surface area (Å²) >= 11 is 0. The molecule has 0 fully saturated rings. The molecule has 3 aromatic carbocycles. The lowest BCUT2D eigenvalue weighted by Gasteiger charge is -2.08. The molecule has 366 valence electrons. The second kappa shape index (κ2) is 36.1. The first-order chi connectivity index (χ1) is 32.7. The quantitative estimate of drug-likeness (QED) is 0.0188. The molecule has 3 aromatic rings. The molecule has 3 atom stereocenters. The van der Waals surface area contributed by atoms with Crippen molar-refractivity contribution in [1.29, 1.82) is 0 Å². The van der Waals surface area contributed by atoms with E-state index in [1.165, 1.54) is 49.6 Å². The van der Waals surface area contributed by atoms with Gasteiger partial charge in [0.2, 0.25) is 0 Å². The van der Waals surface area contributed by atoms with Crippen molar-refractivity contribution < 1.29 is 57.2 Å². The van der Waals surface area contributed by atoms with Gasteiger partial charge in [-0.15, -0.1) is 0 Å². The highest BCUT2D eigenvalue weighted by Gasteiger charge is 2.16.